The highest BCUT2D eigenvalue weighted by Crippen LogP contribution is 2.62. The first-order valence-corrected chi connectivity index (χ1v) is 7.89. The Morgan fingerprint density at radius 2 is 2.18 bits per heavy atom. The summed E-state index contributed by atoms with van der Waals surface area (Å²) in [5.74, 6) is 0.686. The van der Waals surface area contributed by atoms with Crippen LogP contribution < -0.4 is 4.74 Å². The molecule has 0 bridgehead atoms. The molecule has 0 saturated heterocycles. The molecule has 22 heavy (non-hydrogen) atoms. The third-order valence-electron chi connectivity index (χ3n) is 5.68. The molecule has 0 amide bonds. The molecule has 1 aliphatic heterocycles. The Morgan fingerprint density at radius 3 is 2.95 bits per heavy atom. The van der Waals surface area contributed by atoms with Crippen LogP contribution in [0.5, 0.6) is 11.5 Å². The predicted octanol–water partition coefficient (Wildman–Crippen LogP) is 2.51. The maximum atomic E-state index is 11.5. The largest absolute Gasteiger partial charge is 0.504 e. The van der Waals surface area contributed by atoms with Crippen LogP contribution in [0, 0.1) is 0 Å². The van der Waals surface area contributed by atoms with E-state index in [4.69, 9.17) is 4.74 Å². The molecule has 0 radical (unpaired) electrons. The van der Waals surface area contributed by atoms with Gasteiger partial charge in [0.05, 0.1) is 5.41 Å². The van der Waals surface area contributed by atoms with Crippen LogP contribution in [0.3, 0.4) is 0 Å². The number of aryl methyl sites for hydroxylation is 1. The van der Waals surface area contributed by atoms with Gasteiger partial charge in [-0.3, -0.25) is 4.99 Å². The summed E-state index contributed by atoms with van der Waals surface area (Å²) in [5.41, 5.74) is 1.52. The topological polar surface area (TPSA) is 62.1 Å². The number of hydrogen-bond donors (Lipinski definition) is 2. The number of hydrogen-bond acceptors (Lipinski definition) is 4. The number of phenols is 1. The van der Waals surface area contributed by atoms with Crippen LogP contribution in [0.15, 0.2) is 29.3 Å². The number of nitrogens with zero attached hydrogens (tertiary/aromatic N) is 1. The van der Waals surface area contributed by atoms with E-state index >= 15 is 0 Å². The molecule has 1 aromatic rings. The highest BCUT2D eigenvalue weighted by atomic mass is 16.5. The molecule has 2 aliphatic carbocycles. The normalized spacial score (nSPS) is 36.1. The SMILES string of the molecule is C=C1CCC(O)(C=NC)C23CCCc4ccc(O)c(c42)OC13. The molecular formula is C18H21NO3. The summed E-state index contributed by atoms with van der Waals surface area (Å²) in [6.45, 7) is 4.18. The molecule has 4 rings (SSSR count). The minimum atomic E-state index is -1.05. The number of benzene rings is 1. The minimum absolute atomic E-state index is 0.151. The van der Waals surface area contributed by atoms with Crippen LogP contribution in [0.25, 0.3) is 0 Å². The molecule has 1 aromatic carbocycles. The van der Waals surface area contributed by atoms with Gasteiger partial charge in [0.25, 0.3) is 0 Å². The number of aliphatic imine (C=N–C) groups is 1. The molecule has 2 N–H and O–H groups in total. The van der Waals surface area contributed by atoms with Crippen molar-refractivity contribution in [2.75, 3.05) is 7.05 Å². The lowest BCUT2D eigenvalue weighted by Crippen LogP contribution is -2.62. The Bertz CT molecular complexity index is 696. The zero-order chi connectivity index (χ0) is 15.5. The van der Waals surface area contributed by atoms with Crippen molar-refractivity contribution in [3.8, 4) is 11.5 Å². The van der Waals surface area contributed by atoms with Crippen molar-refractivity contribution in [3.05, 3.63) is 35.4 Å². The maximum absolute atomic E-state index is 11.5. The monoisotopic (exact) mass is 299 g/mol. The number of aromatic hydroxyl groups is 1. The lowest BCUT2D eigenvalue weighted by atomic mass is 9.53. The number of aliphatic hydroxyl groups is 1. The Morgan fingerprint density at radius 1 is 1.36 bits per heavy atom. The number of rotatable bonds is 1. The van der Waals surface area contributed by atoms with Gasteiger partial charge in [-0.05, 0) is 49.3 Å². The molecule has 3 aliphatic rings. The van der Waals surface area contributed by atoms with E-state index in [0.29, 0.717) is 18.6 Å². The quantitative estimate of drug-likeness (QED) is 0.619. The Hall–Kier alpha value is -1.81. The van der Waals surface area contributed by atoms with Crippen LogP contribution in [-0.2, 0) is 11.8 Å². The van der Waals surface area contributed by atoms with E-state index in [1.54, 1.807) is 19.3 Å². The lowest BCUT2D eigenvalue weighted by Gasteiger charge is -2.51. The number of ether oxygens (including phenoxy) is 1. The van der Waals surface area contributed by atoms with Gasteiger partial charge >= 0.3 is 0 Å². The van der Waals surface area contributed by atoms with E-state index in [1.165, 1.54) is 5.56 Å². The highest BCUT2D eigenvalue weighted by molar-refractivity contribution is 5.77. The van der Waals surface area contributed by atoms with Gasteiger partial charge < -0.3 is 14.9 Å². The molecule has 4 nitrogen and oxygen atoms in total. The zero-order valence-electron chi connectivity index (χ0n) is 12.8. The van der Waals surface area contributed by atoms with Crippen LogP contribution in [0.1, 0.15) is 36.8 Å². The van der Waals surface area contributed by atoms with Crippen molar-refractivity contribution in [1.82, 2.24) is 0 Å². The molecule has 3 unspecified atom stereocenters. The second-order valence-electron chi connectivity index (χ2n) is 6.74. The molecule has 1 saturated carbocycles. The fourth-order valence-electron chi connectivity index (χ4n) is 4.78. The van der Waals surface area contributed by atoms with Gasteiger partial charge in [-0.2, -0.15) is 0 Å². The Balaban J connectivity index is 2.05. The van der Waals surface area contributed by atoms with E-state index in [-0.39, 0.29) is 11.9 Å². The third kappa shape index (κ3) is 1.44. The Kier molecular flexibility index (Phi) is 2.74. The van der Waals surface area contributed by atoms with E-state index in [1.807, 2.05) is 6.07 Å². The zero-order valence-corrected chi connectivity index (χ0v) is 12.8. The average Bonchev–Trinajstić information content (AvgIpc) is 2.88. The first-order chi connectivity index (χ1) is 10.5. The summed E-state index contributed by atoms with van der Waals surface area (Å²) in [5, 5.41) is 21.7. The fourth-order valence-corrected chi connectivity index (χ4v) is 4.78. The molecule has 0 aromatic heterocycles. The van der Waals surface area contributed by atoms with Crippen molar-refractivity contribution in [1.29, 1.82) is 0 Å². The molecular weight excluding hydrogens is 278 g/mol. The minimum Gasteiger partial charge on any atom is -0.504 e. The van der Waals surface area contributed by atoms with Crippen LogP contribution in [0.4, 0.5) is 0 Å². The third-order valence-corrected chi connectivity index (χ3v) is 5.68. The molecule has 3 atom stereocenters. The second kappa shape index (κ2) is 4.35. The first kappa shape index (κ1) is 13.8. The lowest BCUT2D eigenvalue weighted by molar-refractivity contribution is -0.0398. The summed E-state index contributed by atoms with van der Waals surface area (Å²) in [6, 6.07) is 3.65. The highest BCUT2D eigenvalue weighted by Gasteiger charge is 2.65. The standard InChI is InChI=1S/C18H21NO3/c1-11-7-9-17(21,10-19-2)18-8-3-4-12-5-6-13(20)15(14(12)18)22-16(11)18/h5-6,10,16,20-21H,1,3-4,7-9H2,2H3. The summed E-state index contributed by atoms with van der Waals surface area (Å²) in [7, 11) is 1.69. The van der Waals surface area contributed by atoms with E-state index in [0.717, 1.165) is 30.4 Å². The summed E-state index contributed by atoms with van der Waals surface area (Å²) < 4.78 is 6.14. The van der Waals surface area contributed by atoms with Crippen LogP contribution in [-0.4, -0.2) is 35.2 Å². The van der Waals surface area contributed by atoms with Crippen LogP contribution in [0.2, 0.25) is 0 Å². The van der Waals surface area contributed by atoms with Crippen molar-refractivity contribution in [3.63, 3.8) is 0 Å². The average molecular weight is 299 g/mol. The van der Waals surface area contributed by atoms with Gasteiger partial charge in [-0.15, -0.1) is 0 Å². The van der Waals surface area contributed by atoms with Gasteiger partial charge in [-0.1, -0.05) is 12.6 Å². The van der Waals surface area contributed by atoms with Gasteiger partial charge in [0.15, 0.2) is 11.5 Å². The molecule has 1 fully saturated rings. The van der Waals surface area contributed by atoms with Gasteiger partial charge in [0.1, 0.15) is 11.7 Å². The molecule has 1 heterocycles. The maximum Gasteiger partial charge on any atom is 0.166 e. The van der Waals surface area contributed by atoms with Crippen molar-refractivity contribution in [2.24, 2.45) is 4.99 Å². The van der Waals surface area contributed by atoms with Gasteiger partial charge in [0.2, 0.25) is 0 Å². The van der Waals surface area contributed by atoms with Crippen molar-refractivity contribution >= 4 is 6.21 Å². The van der Waals surface area contributed by atoms with E-state index < -0.39 is 11.0 Å². The second-order valence-corrected chi connectivity index (χ2v) is 6.74. The smallest absolute Gasteiger partial charge is 0.166 e. The van der Waals surface area contributed by atoms with Gasteiger partial charge in [-0.25, -0.2) is 0 Å². The molecule has 1 spiro atoms. The predicted molar refractivity (Wildman–Crippen MR) is 84.9 cm³/mol. The van der Waals surface area contributed by atoms with Crippen LogP contribution >= 0.6 is 0 Å². The van der Waals surface area contributed by atoms with Crippen molar-refractivity contribution in [2.45, 2.75) is 49.2 Å². The Labute approximate surface area is 130 Å². The van der Waals surface area contributed by atoms with E-state index in [2.05, 4.69) is 11.6 Å². The van der Waals surface area contributed by atoms with E-state index in [9.17, 15) is 10.2 Å². The molecule has 4 heteroatoms. The fraction of sp³-hybridized carbons (Fsp3) is 0.500. The first-order valence-electron chi connectivity index (χ1n) is 7.89. The van der Waals surface area contributed by atoms with Crippen molar-refractivity contribution < 1.29 is 14.9 Å². The summed E-state index contributed by atoms with van der Waals surface area (Å²) >= 11 is 0. The summed E-state index contributed by atoms with van der Waals surface area (Å²) in [4.78, 5) is 4.14. The van der Waals surface area contributed by atoms with Gasteiger partial charge in [0, 0.05) is 18.8 Å². The summed E-state index contributed by atoms with van der Waals surface area (Å²) in [6.07, 6.45) is 5.45. The number of phenolic OH excluding ortho intramolecular Hbond substituents is 1. The molecule has 116 valence electrons.